The highest BCUT2D eigenvalue weighted by Crippen LogP contribution is 2.27. The third kappa shape index (κ3) is 4.06. The first kappa shape index (κ1) is 14.6. The van der Waals surface area contributed by atoms with Gasteiger partial charge in [-0.25, -0.2) is 0 Å². The van der Waals surface area contributed by atoms with Crippen LogP contribution in [-0.4, -0.2) is 24.0 Å². The van der Waals surface area contributed by atoms with Gasteiger partial charge in [-0.1, -0.05) is 13.8 Å². The Labute approximate surface area is 127 Å². The van der Waals surface area contributed by atoms with Gasteiger partial charge in [-0.15, -0.1) is 11.3 Å². The van der Waals surface area contributed by atoms with Gasteiger partial charge in [0, 0.05) is 28.9 Å². The molecule has 20 heavy (non-hydrogen) atoms. The van der Waals surface area contributed by atoms with E-state index in [0.29, 0.717) is 0 Å². The first-order chi connectivity index (χ1) is 9.70. The number of nitrogens with one attached hydrogen (secondary N) is 1. The van der Waals surface area contributed by atoms with Gasteiger partial charge in [-0.3, -0.25) is 4.90 Å². The number of piperidine rings is 1. The van der Waals surface area contributed by atoms with Crippen molar-refractivity contribution in [2.24, 2.45) is 11.8 Å². The van der Waals surface area contributed by atoms with Gasteiger partial charge in [0.25, 0.3) is 0 Å². The fourth-order valence-corrected chi connectivity index (χ4v) is 4.14. The number of rotatable bonds is 6. The number of thiophene rings is 1. The minimum absolute atomic E-state index is 0.815. The van der Waals surface area contributed by atoms with Crippen molar-refractivity contribution in [2.45, 2.75) is 58.7 Å². The lowest BCUT2D eigenvalue weighted by molar-refractivity contribution is 0.153. The van der Waals surface area contributed by atoms with Crippen LogP contribution in [0.1, 0.15) is 49.3 Å². The molecule has 3 rings (SSSR count). The minimum Gasteiger partial charge on any atom is -0.309 e. The molecule has 2 aliphatic rings. The molecule has 1 saturated carbocycles. The summed E-state index contributed by atoms with van der Waals surface area (Å²) in [5, 5.41) is 3.60. The molecule has 2 fully saturated rings. The topological polar surface area (TPSA) is 15.3 Å². The number of hydrogen-bond donors (Lipinski definition) is 1. The lowest BCUT2D eigenvalue weighted by atomic mass is 9.87. The molecule has 0 amide bonds. The third-order valence-electron chi connectivity index (χ3n) is 4.81. The van der Waals surface area contributed by atoms with Gasteiger partial charge in [0.15, 0.2) is 0 Å². The maximum absolute atomic E-state index is 3.60. The monoisotopic (exact) mass is 292 g/mol. The van der Waals surface area contributed by atoms with Crippen LogP contribution in [0.3, 0.4) is 0 Å². The second-order valence-corrected chi connectivity index (χ2v) is 8.13. The van der Waals surface area contributed by atoms with E-state index in [1.807, 2.05) is 11.3 Å². The van der Waals surface area contributed by atoms with E-state index in [9.17, 15) is 0 Å². The molecule has 1 aromatic rings. The fraction of sp³-hybridized carbons (Fsp3) is 0.765. The van der Waals surface area contributed by atoms with Gasteiger partial charge in [0.1, 0.15) is 0 Å². The van der Waals surface area contributed by atoms with Gasteiger partial charge in [-0.05, 0) is 62.7 Å². The first-order valence-corrected chi connectivity index (χ1v) is 9.05. The lowest BCUT2D eigenvalue weighted by Crippen LogP contribution is -2.34. The van der Waals surface area contributed by atoms with Crippen LogP contribution in [-0.2, 0) is 13.1 Å². The molecule has 3 heteroatoms. The molecule has 1 aromatic heterocycles. The van der Waals surface area contributed by atoms with Crippen LogP contribution in [0.4, 0.5) is 0 Å². The van der Waals surface area contributed by atoms with E-state index in [4.69, 9.17) is 0 Å². The highest BCUT2D eigenvalue weighted by Gasteiger charge is 2.22. The van der Waals surface area contributed by atoms with E-state index >= 15 is 0 Å². The summed E-state index contributed by atoms with van der Waals surface area (Å²) in [6.07, 6.45) is 5.53. The Balaban J connectivity index is 1.43. The largest absolute Gasteiger partial charge is 0.309 e. The summed E-state index contributed by atoms with van der Waals surface area (Å²) in [5.41, 5.74) is 0. The smallest absolute Gasteiger partial charge is 0.0328 e. The maximum atomic E-state index is 3.60. The first-order valence-electron chi connectivity index (χ1n) is 8.24. The molecule has 1 N–H and O–H groups in total. The quantitative estimate of drug-likeness (QED) is 0.856. The van der Waals surface area contributed by atoms with E-state index in [1.54, 1.807) is 4.88 Å². The Bertz CT molecular complexity index is 414. The average Bonchev–Trinajstić information content (AvgIpc) is 3.17. The molecule has 0 unspecified atom stereocenters. The van der Waals surface area contributed by atoms with E-state index in [0.717, 1.165) is 24.4 Å². The summed E-state index contributed by atoms with van der Waals surface area (Å²) in [6.45, 7) is 9.56. The molecule has 2 heterocycles. The van der Waals surface area contributed by atoms with Crippen molar-refractivity contribution < 1.29 is 0 Å². The lowest BCUT2D eigenvalue weighted by Gasteiger charge is -2.33. The molecule has 112 valence electrons. The van der Waals surface area contributed by atoms with Crippen molar-refractivity contribution in [3.05, 3.63) is 21.9 Å². The SMILES string of the molecule is CC(C)C1CCN(Cc2ccc(CNC3CC3)s2)CC1. The Morgan fingerprint density at radius 3 is 2.50 bits per heavy atom. The standard InChI is InChI=1S/C17H28N2S/c1-13(2)14-7-9-19(10-8-14)12-17-6-5-16(20-17)11-18-15-3-4-15/h5-6,13-15,18H,3-4,7-12H2,1-2H3. The summed E-state index contributed by atoms with van der Waals surface area (Å²) < 4.78 is 0. The maximum Gasteiger partial charge on any atom is 0.0328 e. The molecule has 1 aliphatic carbocycles. The number of likely N-dealkylation sites (tertiary alicyclic amines) is 1. The van der Waals surface area contributed by atoms with E-state index in [-0.39, 0.29) is 0 Å². The van der Waals surface area contributed by atoms with Crippen molar-refractivity contribution in [1.29, 1.82) is 0 Å². The van der Waals surface area contributed by atoms with Crippen LogP contribution >= 0.6 is 11.3 Å². The predicted octanol–water partition coefficient (Wildman–Crippen LogP) is 3.87. The molecule has 0 radical (unpaired) electrons. The van der Waals surface area contributed by atoms with E-state index in [1.165, 1.54) is 50.2 Å². The molecular formula is C17H28N2S. The molecule has 2 nitrogen and oxygen atoms in total. The van der Waals surface area contributed by atoms with Crippen molar-refractivity contribution in [3.8, 4) is 0 Å². The summed E-state index contributed by atoms with van der Waals surface area (Å²) in [6, 6.07) is 5.47. The molecule has 0 spiro atoms. The zero-order valence-corrected chi connectivity index (χ0v) is 13.7. The van der Waals surface area contributed by atoms with Gasteiger partial charge < -0.3 is 5.32 Å². The molecule has 1 aliphatic heterocycles. The minimum atomic E-state index is 0.815. The Morgan fingerprint density at radius 2 is 1.85 bits per heavy atom. The second kappa shape index (κ2) is 6.59. The molecular weight excluding hydrogens is 264 g/mol. The van der Waals surface area contributed by atoms with Crippen LogP contribution < -0.4 is 5.32 Å². The Morgan fingerprint density at radius 1 is 1.15 bits per heavy atom. The predicted molar refractivity (Wildman–Crippen MR) is 87.0 cm³/mol. The highest BCUT2D eigenvalue weighted by molar-refractivity contribution is 7.11. The Hall–Kier alpha value is -0.380. The van der Waals surface area contributed by atoms with Crippen LogP contribution in [0.5, 0.6) is 0 Å². The molecule has 0 atom stereocenters. The van der Waals surface area contributed by atoms with Crippen molar-refractivity contribution in [2.75, 3.05) is 13.1 Å². The van der Waals surface area contributed by atoms with E-state index < -0.39 is 0 Å². The van der Waals surface area contributed by atoms with Crippen LogP contribution in [0, 0.1) is 11.8 Å². The highest BCUT2D eigenvalue weighted by atomic mass is 32.1. The molecule has 1 saturated heterocycles. The zero-order chi connectivity index (χ0) is 13.9. The molecule has 0 aromatic carbocycles. The third-order valence-corrected chi connectivity index (χ3v) is 5.88. The zero-order valence-electron chi connectivity index (χ0n) is 12.9. The van der Waals surface area contributed by atoms with Crippen LogP contribution in [0.25, 0.3) is 0 Å². The normalized spacial score (nSPS) is 21.8. The van der Waals surface area contributed by atoms with E-state index in [2.05, 4.69) is 36.2 Å². The van der Waals surface area contributed by atoms with Gasteiger partial charge in [-0.2, -0.15) is 0 Å². The van der Waals surface area contributed by atoms with Crippen LogP contribution in [0.2, 0.25) is 0 Å². The summed E-state index contributed by atoms with van der Waals surface area (Å²) in [4.78, 5) is 5.69. The second-order valence-electron chi connectivity index (χ2n) is 6.88. The van der Waals surface area contributed by atoms with Crippen molar-refractivity contribution in [3.63, 3.8) is 0 Å². The summed E-state index contributed by atoms with van der Waals surface area (Å²) in [5.74, 6) is 1.81. The van der Waals surface area contributed by atoms with Gasteiger partial charge in [0.2, 0.25) is 0 Å². The number of hydrogen-bond acceptors (Lipinski definition) is 3. The molecule has 0 bridgehead atoms. The van der Waals surface area contributed by atoms with Gasteiger partial charge in [0.05, 0.1) is 0 Å². The number of nitrogens with zero attached hydrogens (tertiary/aromatic N) is 1. The van der Waals surface area contributed by atoms with Crippen molar-refractivity contribution >= 4 is 11.3 Å². The summed E-state index contributed by atoms with van der Waals surface area (Å²) >= 11 is 2.00. The van der Waals surface area contributed by atoms with Crippen molar-refractivity contribution in [1.82, 2.24) is 10.2 Å². The average molecular weight is 292 g/mol. The fourth-order valence-electron chi connectivity index (χ4n) is 3.13. The van der Waals surface area contributed by atoms with Gasteiger partial charge >= 0.3 is 0 Å². The summed E-state index contributed by atoms with van der Waals surface area (Å²) in [7, 11) is 0. The van der Waals surface area contributed by atoms with Crippen LogP contribution in [0.15, 0.2) is 12.1 Å². The Kier molecular flexibility index (Phi) is 4.79.